The summed E-state index contributed by atoms with van der Waals surface area (Å²) in [5.74, 6) is -0.331. The normalized spacial score (nSPS) is 20.2. The summed E-state index contributed by atoms with van der Waals surface area (Å²) in [5.41, 5.74) is 0. The molecule has 64 heavy (non-hydrogen) atoms. The molecule has 0 aromatic heterocycles. The molecule has 0 spiro atoms. The number of esters is 1. The van der Waals surface area contributed by atoms with E-state index in [2.05, 4.69) is 98.9 Å². The first-order valence-electron chi connectivity index (χ1n) is 25.7. The summed E-state index contributed by atoms with van der Waals surface area (Å²) in [7, 11) is 0. The average Bonchev–Trinajstić information content (AvgIpc) is 3.30. The Morgan fingerprint density at radius 2 is 0.953 bits per heavy atom. The third-order valence-corrected chi connectivity index (χ3v) is 11.3. The van der Waals surface area contributed by atoms with Crippen LogP contribution in [0.5, 0.6) is 0 Å². The van der Waals surface area contributed by atoms with E-state index in [1.807, 2.05) is 0 Å². The Morgan fingerprint density at radius 1 is 0.516 bits per heavy atom. The fourth-order valence-electron chi connectivity index (χ4n) is 7.31. The molecule has 1 saturated heterocycles. The van der Waals surface area contributed by atoms with Crippen molar-refractivity contribution in [3.8, 4) is 0 Å². The number of hydrogen-bond donors (Lipinski definition) is 4. The van der Waals surface area contributed by atoms with Crippen LogP contribution in [0, 0.1) is 0 Å². The molecule has 1 aliphatic rings. The highest BCUT2D eigenvalue weighted by molar-refractivity contribution is 5.69. The zero-order valence-electron chi connectivity index (χ0n) is 40.5. The van der Waals surface area contributed by atoms with Crippen LogP contribution in [0.25, 0.3) is 0 Å². The van der Waals surface area contributed by atoms with Crippen LogP contribution < -0.4 is 0 Å². The number of aliphatic hydroxyl groups is 4. The van der Waals surface area contributed by atoms with Crippen molar-refractivity contribution in [3.05, 3.63) is 85.1 Å². The molecule has 368 valence electrons. The summed E-state index contributed by atoms with van der Waals surface area (Å²) in [6, 6.07) is 0. The van der Waals surface area contributed by atoms with Crippen LogP contribution in [0.1, 0.15) is 194 Å². The SMILES string of the molecule is CC/C=C\C/C=C\C/C=C\C/C=C\C/C=C\CCCCCCCCCCCCOCC(COC1OC(CO)C(O)C(O)C1O)OC(=O)CCCCCCC/C=C\C/C=C\CCCCC. The van der Waals surface area contributed by atoms with E-state index in [0.717, 1.165) is 89.9 Å². The van der Waals surface area contributed by atoms with E-state index in [1.165, 1.54) is 83.5 Å². The molecule has 6 unspecified atom stereocenters. The Labute approximate surface area is 390 Å². The van der Waals surface area contributed by atoms with E-state index < -0.39 is 43.4 Å². The first-order chi connectivity index (χ1) is 31.4. The maximum absolute atomic E-state index is 12.8. The van der Waals surface area contributed by atoms with Gasteiger partial charge in [-0.2, -0.15) is 0 Å². The van der Waals surface area contributed by atoms with E-state index in [9.17, 15) is 25.2 Å². The third-order valence-electron chi connectivity index (χ3n) is 11.3. The molecular formula is C55H94O9. The number of unbranched alkanes of at least 4 members (excludes halogenated alkanes) is 18. The monoisotopic (exact) mass is 899 g/mol. The van der Waals surface area contributed by atoms with Crippen molar-refractivity contribution in [3.63, 3.8) is 0 Å². The smallest absolute Gasteiger partial charge is 0.306 e. The molecule has 1 heterocycles. The molecule has 6 atom stereocenters. The van der Waals surface area contributed by atoms with Gasteiger partial charge in [0.25, 0.3) is 0 Å². The highest BCUT2D eigenvalue weighted by Crippen LogP contribution is 2.22. The number of rotatable bonds is 43. The summed E-state index contributed by atoms with van der Waals surface area (Å²) < 4.78 is 22.9. The van der Waals surface area contributed by atoms with Crippen molar-refractivity contribution in [2.75, 3.05) is 26.4 Å². The first-order valence-corrected chi connectivity index (χ1v) is 25.7. The summed E-state index contributed by atoms with van der Waals surface area (Å²) in [6.07, 6.45) is 54.7. The Bertz CT molecular complexity index is 1250. The van der Waals surface area contributed by atoms with Gasteiger partial charge in [-0.3, -0.25) is 4.79 Å². The summed E-state index contributed by atoms with van der Waals surface area (Å²) in [5, 5.41) is 40.2. The standard InChI is InChI=1S/C55H94O9/c1-3-5-7-9-11-13-15-17-19-20-21-22-23-24-25-26-27-28-29-31-33-35-37-39-41-43-45-61-47-49(48-62-55-54(60)53(59)52(58)50(46-56)64-55)63-51(57)44-42-40-38-36-34-32-30-18-16-14-12-10-8-6-4-2/h5,7,11-14,17-19,21-22,24-25,30,49-50,52-56,58-60H,3-4,6,8-10,15-16,20,23,26-29,31-48H2,1-2H3/b7-5-,13-11-,14-12-,19-17-,22-21-,25-24-,30-18-. The van der Waals surface area contributed by atoms with Crippen molar-refractivity contribution < 1.29 is 44.2 Å². The van der Waals surface area contributed by atoms with Crippen LogP contribution in [0.3, 0.4) is 0 Å². The quantitative estimate of drug-likeness (QED) is 0.0268. The highest BCUT2D eigenvalue weighted by Gasteiger charge is 2.44. The molecule has 0 radical (unpaired) electrons. The first kappa shape index (κ1) is 59.4. The second-order valence-electron chi connectivity index (χ2n) is 17.2. The van der Waals surface area contributed by atoms with E-state index >= 15 is 0 Å². The Morgan fingerprint density at radius 3 is 1.44 bits per heavy atom. The number of ether oxygens (including phenoxy) is 4. The molecule has 1 fully saturated rings. The molecule has 1 rings (SSSR count). The minimum Gasteiger partial charge on any atom is -0.457 e. The van der Waals surface area contributed by atoms with E-state index in [4.69, 9.17) is 18.9 Å². The van der Waals surface area contributed by atoms with Crippen LogP contribution in [-0.2, 0) is 23.7 Å². The molecule has 0 aromatic carbocycles. The highest BCUT2D eigenvalue weighted by atomic mass is 16.7. The van der Waals surface area contributed by atoms with E-state index in [-0.39, 0.29) is 19.2 Å². The number of allylic oxidation sites excluding steroid dienone is 14. The molecule has 0 amide bonds. The molecule has 0 bridgehead atoms. The van der Waals surface area contributed by atoms with Crippen LogP contribution in [0.2, 0.25) is 0 Å². The summed E-state index contributed by atoms with van der Waals surface area (Å²) in [6.45, 7) is 4.38. The van der Waals surface area contributed by atoms with Gasteiger partial charge in [-0.25, -0.2) is 0 Å². The fourth-order valence-corrected chi connectivity index (χ4v) is 7.31. The van der Waals surface area contributed by atoms with E-state index in [1.54, 1.807) is 0 Å². The Balaban J connectivity index is 2.20. The summed E-state index contributed by atoms with van der Waals surface area (Å²) >= 11 is 0. The second-order valence-corrected chi connectivity index (χ2v) is 17.2. The second kappa shape index (κ2) is 45.5. The van der Waals surface area contributed by atoms with Crippen molar-refractivity contribution in [2.24, 2.45) is 0 Å². The molecular weight excluding hydrogens is 805 g/mol. The van der Waals surface area contributed by atoms with Gasteiger partial charge < -0.3 is 39.4 Å². The van der Waals surface area contributed by atoms with Crippen LogP contribution in [0.15, 0.2) is 85.1 Å². The lowest BCUT2D eigenvalue weighted by Crippen LogP contribution is -2.59. The van der Waals surface area contributed by atoms with Crippen LogP contribution >= 0.6 is 0 Å². The predicted octanol–water partition coefficient (Wildman–Crippen LogP) is 12.6. The molecule has 1 aliphatic heterocycles. The van der Waals surface area contributed by atoms with Crippen molar-refractivity contribution in [1.82, 2.24) is 0 Å². The van der Waals surface area contributed by atoms with E-state index in [0.29, 0.717) is 13.0 Å². The number of carbonyl (C=O) groups excluding carboxylic acids is 1. The predicted molar refractivity (Wildman–Crippen MR) is 265 cm³/mol. The molecule has 9 nitrogen and oxygen atoms in total. The average molecular weight is 899 g/mol. The zero-order valence-corrected chi connectivity index (χ0v) is 40.5. The van der Waals surface area contributed by atoms with Gasteiger partial charge in [-0.15, -0.1) is 0 Å². The zero-order chi connectivity index (χ0) is 46.4. The topological polar surface area (TPSA) is 135 Å². The van der Waals surface area contributed by atoms with Crippen molar-refractivity contribution in [2.45, 2.75) is 230 Å². The minimum absolute atomic E-state index is 0.125. The van der Waals surface area contributed by atoms with Gasteiger partial charge in [0.05, 0.1) is 19.8 Å². The fraction of sp³-hybridized carbons (Fsp3) is 0.727. The molecule has 0 aliphatic carbocycles. The molecule has 4 N–H and O–H groups in total. The number of aliphatic hydroxyl groups excluding tert-OH is 4. The molecule has 0 saturated carbocycles. The van der Waals surface area contributed by atoms with Gasteiger partial charge in [0.2, 0.25) is 0 Å². The van der Waals surface area contributed by atoms with Crippen LogP contribution in [-0.4, -0.2) is 89.6 Å². The van der Waals surface area contributed by atoms with Crippen molar-refractivity contribution >= 4 is 5.97 Å². The number of carbonyl (C=O) groups is 1. The molecule has 9 heteroatoms. The lowest BCUT2D eigenvalue weighted by molar-refractivity contribution is -0.305. The van der Waals surface area contributed by atoms with Crippen molar-refractivity contribution in [1.29, 1.82) is 0 Å². The van der Waals surface area contributed by atoms with Gasteiger partial charge >= 0.3 is 5.97 Å². The van der Waals surface area contributed by atoms with Crippen LogP contribution in [0.4, 0.5) is 0 Å². The maximum Gasteiger partial charge on any atom is 0.306 e. The van der Waals surface area contributed by atoms with Gasteiger partial charge in [0.1, 0.15) is 30.5 Å². The van der Waals surface area contributed by atoms with Gasteiger partial charge in [0, 0.05) is 13.0 Å². The minimum atomic E-state index is -1.54. The largest absolute Gasteiger partial charge is 0.457 e. The molecule has 0 aromatic rings. The Hall–Kier alpha value is -2.63. The van der Waals surface area contributed by atoms with Gasteiger partial charge in [-0.05, 0) is 89.9 Å². The van der Waals surface area contributed by atoms with Gasteiger partial charge in [0.15, 0.2) is 6.29 Å². The third kappa shape index (κ3) is 35.6. The lowest BCUT2D eigenvalue weighted by Gasteiger charge is -2.39. The summed E-state index contributed by atoms with van der Waals surface area (Å²) in [4.78, 5) is 12.8. The number of hydrogen-bond acceptors (Lipinski definition) is 9. The van der Waals surface area contributed by atoms with Gasteiger partial charge in [-0.1, -0.05) is 182 Å². The maximum atomic E-state index is 12.8. The Kier molecular flexibility index (Phi) is 42.2. The lowest BCUT2D eigenvalue weighted by atomic mass is 9.99.